The predicted octanol–water partition coefficient (Wildman–Crippen LogP) is 2.27. The predicted molar refractivity (Wildman–Crippen MR) is 108 cm³/mol. The second kappa shape index (κ2) is 8.37. The number of nitrogens with zero attached hydrogens (tertiary/aromatic N) is 3. The monoisotopic (exact) mass is 396 g/mol. The van der Waals surface area contributed by atoms with Crippen LogP contribution in [0.2, 0.25) is 0 Å². The Morgan fingerprint density at radius 1 is 1.28 bits per heavy atom. The molecular formula is C22H28N4O3. The first-order valence-corrected chi connectivity index (χ1v) is 10.4. The zero-order chi connectivity index (χ0) is 20.4. The number of aliphatic hydroxyl groups is 1. The maximum absolute atomic E-state index is 13.5. The number of carbonyl (C=O) groups excluding carboxylic acids is 2. The van der Waals surface area contributed by atoms with Gasteiger partial charge >= 0.3 is 0 Å². The van der Waals surface area contributed by atoms with Gasteiger partial charge in [-0.2, -0.15) is 5.10 Å². The van der Waals surface area contributed by atoms with Gasteiger partial charge < -0.3 is 15.3 Å². The van der Waals surface area contributed by atoms with Gasteiger partial charge in [0, 0.05) is 25.2 Å². The van der Waals surface area contributed by atoms with E-state index in [0.29, 0.717) is 12.2 Å². The number of nitrogens with one attached hydrogen (secondary N) is 1. The molecule has 1 aromatic heterocycles. The fraction of sp³-hybridized carbons (Fsp3) is 0.500. The van der Waals surface area contributed by atoms with E-state index in [4.69, 9.17) is 0 Å². The molecule has 1 atom stereocenters. The number of aryl methyl sites for hydroxylation is 1. The van der Waals surface area contributed by atoms with Crippen molar-refractivity contribution in [1.82, 2.24) is 20.0 Å². The Bertz CT molecular complexity index is 901. The van der Waals surface area contributed by atoms with Crippen molar-refractivity contribution in [3.05, 3.63) is 52.8 Å². The molecule has 2 heterocycles. The summed E-state index contributed by atoms with van der Waals surface area (Å²) >= 11 is 0. The van der Waals surface area contributed by atoms with E-state index >= 15 is 0 Å². The molecule has 1 fully saturated rings. The summed E-state index contributed by atoms with van der Waals surface area (Å²) in [6.07, 6.45) is 4.71. The van der Waals surface area contributed by atoms with Crippen LogP contribution in [0.15, 0.2) is 30.3 Å². The summed E-state index contributed by atoms with van der Waals surface area (Å²) < 4.78 is 1.45. The van der Waals surface area contributed by atoms with Crippen molar-refractivity contribution in [2.75, 3.05) is 6.54 Å². The smallest absolute Gasteiger partial charge is 0.274 e. The van der Waals surface area contributed by atoms with Crippen molar-refractivity contribution in [3.63, 3.8) is 0 Å². The molecule has 0 radical (unpaired) electrons. The van der Waals surface area contributed by atoms with Gasteiger partial charge in [-0.15, -0.1) is 0 Å². The van der Waals surface area contributed by atoms with E-state index in [2.05, 4.69) is 29.5 Å². The molecular weight excluding hydrogens is 368 g/mol. The summed E-state index contributed by atoms with van der Waals surface area (Å²) in [6.45, 7) is 2.98. The Balaban J connectivity index is 1.64. The van der Waals surface area contributed by atoms with Crippen LogP contribution in [-0.2, 0) is 13.1 Å². The first-order chi connectivity index (χ1) is 14.0. The number of fused-ring (bicyclic) bond motifs is 1. The lowest BCUT2D eigenvalue weighted by molar-refractivity contribution is 0.0605. The van der Waals surface area contributed by atoms with E-state index in [1.807, 2.05) is 17.0 Å². The molecule has 7 heteroatoms. The van der Waals surface area contributed by atoms with Gasteiger partial charge in [0.05, 0.1) is 12.6 Å². The minimum absolute atomic E-state index is 0.150. The molecule has 0 spiro atoms. The van der Waals surface area contributed by atoms with E-state index < -0.39 is 6.10 Å². The molecule has 0 unspecified atom stereocenters. The molecule has 1 aliphatic heterocycles. The number of benzene rings is 1. The third kappa shape index (κ3) is 4.19. The molecule has 2 amide bonds. The fourth-order valence-electron chi connectivity index (χ4n) is 4.29. The summed E-state index contributed by atoms with van der Waals surface area (Å²) in [7, 11) is 0. The van der Waals surface area contributed by atoms with E-state index in [1.165, 1.54) is 11.1 Å². The fourth-order valence-corrected chi connectivity index (χ4v) is 4.29. The summed E-state index contributed by atoms with van der Waals surface area (Å²) in [4.78, 5) is 27.7. The molecule has 7 nitrogen and oxygen atoms in total. The second-order valence-corrected chi connectivity index (χ2v) is 8.11. The Labute approximate surface area is 170 Å². The number of hydrogen-bond donors (Lipinski definition) is 2. The van der Waals surface area contributed by atoms with Crippen LogP contribution in [0.1, 0.15) is 64.2 Å². The number of β-amino-alcohol motifs (C(OH)–C–C–N with tert-alkyl or cyclic N) is 1. The van der Waals surface area contributed by atoms with Crippen molar-refractivity contribution in [2.24, 2.45) is 0 Å². The SMILES string of the molecule is Cc1ccccc1CN(C(=O)c1cc2n(n1)C[C@@H](O)CNC2=O)C1CCCCC1. The number of aromatic nitrogens is 2. The Hall–Kier alpha value is -2.67. The highest BCUT2D eigenvalue weighted by atomic mass is 16.3. The van der Waals surface area contributed by atoms with E-state index in [0.717, 1.165) is 36.8 Å². The lowest BCUT2D eigenvalue weighted by Gasteiger charge is -2.34. The standard InChI is InChI=1S/C22H28N4O3/c1-15-7-5-6-8-16(15)13-25(17-9-3-2-4-10-17)22(29)19-11-20-21(28)23-12-18(27)14-26(20)24-19/h5-8,11,17-18,27H,2-4,9-10,12-14H2,1H3,(H,23,28)/t18-/m0/s1. The minimum Gasteiger partial charge on any atom is -0.389 e. The van der Waals surface area contributed by atoms with Crippen LogP contribution in [-0.4, -0.2) is 50.3 Å². The number of carbonyl (C=O) groups is 2. The second-order valence-electron chi connectivity index (χ2n) is 8.11. The van der Waals surface area contributed by atoms with Crippen LogP contribution in [0, 0.1) is 6.92 Å². The molecule has 2 aliphatic rings. The molecule has 29 heavy (non-hydrogen) atoms. The lowest BCUT2D eigenvalue weighted by Crippen LogP contribution is -2.41. The average Bonchev–Trinajstić information content (AvgIpc) is 3.10. The topological polar surface area (TPSA) is 87.5 Å². The normalized spacial score (nSPS) is 19.9. The van der Waals surface area contributed by atoms with Gasteiger partial charge in [0.1, 0.15) is 5.69 Å². The lowest BCUT2D eigenvalue weighted by atomic mass is 9.93. The third-order valence-electron chi connectivity index (χ3n) is 5.99. The highest BCUT2D eigenvalue weighted by Crippen LogP contribution is 2.26. The van der Waals surface area contributed by atoms with E-state index in [9.17, 15) is 14.7 Å². The van der Waals surface area contributed by atoms with Crippen molar-refractivity contribution in [3.8, 4) is 0 Å². The molecule has 0 bridgehead atoms. The third-order valence-corrected chi connectivity index (χ3v) is 5.99. The summed E-state index contributed by atoms with van der Waals surface area (Å²) in [5.41, 5.74) is 2.87. The molecule has 2 N–H and O–H groups in total. The minimum atomic E-state index is -0.718. The molecule has 1 aliphatic carbocycles. The van der Waals surface area contributed by atoms with Crippen LogP contribution in [0.25, 0.3) is 0 Å². The number of hydrogen-bond acceptors (Lipinski definition) is 4. The summed E-state index contributed by atoms with van der Waals surface area (Å²) in [5.74, 6) is -0.459. The van der Waals surface area contributed by atoms with Gasteiger partial charge in [-0.3, -0.25) is 14.3 Å². The molecule has 2 aromatic rings. The summed E-state index contributed by atoms with van der Waals surface area (Å²) in [5, 5.41) is 17.0. The zero-order valence-electron chi connectivity index (χ0n) is 16.8. The van der Waals surface area contributed by atoms with Crippen LogP contribution in [0.3, 0.4) is 0 Å². The Morgan fingerprint density at radius 2 is 2.03 bits per heavy atom. The Morgan fingerprint density at radius 3 is 2.79 bits per heavy atom. The van der Waals surface area contributed by atoms with Gasteiger partial charge in [-0.25, -0.2) is 0 Å². The van der Waals surface area contributed by atoms with E-state index in [1.54, 1.807) is 6.07 Å². The average molecular weight is 396 g/mol. The quantitative estimate of drug-likeness (QED) is 0.830. The van der Waals surface area contributed by atoms with Crippen LogP contribution in [0.4, 0.5) is 0 Å². The summed E-state index contributed by atoms with van der Waals surface area (Å²) in [6, 6.07) is 9.85. The number of rotatable bonds is 4. The van der Waals surface area contributed by atoms with Crippen LogP contribution < -0.4 is 5.32 Å². The van der Waals surface area contributed by atoms with Crippen molar-refractivity contribution < 1.29 is 14.7 Å². The van der Waals surface area contributed by atoms with E-state index in [-0.39, 0.29) is 36.6 Å². The number of aliphatic hydroxyl groups excluding tert-OH is 1. The molecule has 1 saturated carbocycles. The first kappa shape index (κ1) is 19.6. The molecule has 154 valence electrons. The molecule has 0 saturated heterocycles. The first-order valence-electron chi connectivity index (χ1n) is 10.4. The van der Waals surface area contributed by atoms with Crippen molar-refractivity contribution in [1.29, 1.82) is 0 Å². The highest BCUT2D eigenvalue weighted by molar-refractivity contribution is 5.98. The van der Waals surface area contributed by atoms with Crippen molar-refractivity contribution >= 4 is 11.8 Å². The van der Waals surface area contributed by atoms with Crippen molar-refractivity contribution in [2.45, 2.75) is 64.3 Å². The van der Waals surface area contributed by atoms with Crippen LogP contribution >= 0.6 is 0 Å². The molecule has 1 aromatic carbocycles. The molecule has 4 rings (SSSR count). The van der Waals surface area contributed by atoms with Crippen LogP contribution in [0.5, 0.6) is 0 Å². The Kier molecular flexibility index (Phi) is 5.67. The highest BCUT2D eigenvalue weighted by Gasteiger charge is 2.30. The van der Waals surface area contributed by atoms with Gasteiger partial charge in [0.2, 0.25) is 0 Å². The van der Waals surface area contributed by atoms with Gasteiger partial charge in [0.25, 0.3) is 11.8 Å². The van der Waals surface area contributed by atoms with Gasteiger partial charge in [0.15, 0.2) is 5.69 Å². The van der Waals surface area contributed by atoms with Gasteiger partial charge in [-0.1, -0.05) is 43.5 Å². The maximum atomic E-state index is 13.5. The zero-order valence-corrected chi connectivity index (χ0v) is 16.8. The maximum Gasteiger partial charge on any atom is 0.274 e. The number of amides is 2. The van der Waals surface area contributed by atoms with Gasteiger partial charge in [-0.05, 0) is 30.9 Å². The largest absolute Gasteiger partial charge is 0.389 e.